The van der Waals surface area contributed by atoms with Gasteiger partial charge in [-0.1, -0.05) is 6.07 Å². The van der Waals surface area contributed by atoms with E-state index < -0.39 is 11.7 Å². The molecule has 0 saturated heterocycles. The quantitative estimate of drug-likeness (QED) is 0.517. The number of nitrogens with one attached hydrogen (secondary N) is 2. The van der Waals surface area contributed by atoms with Crippen LogP contribution in [-0.2, 0) is 6.61 Å². The Bertz CT molecular complexity index is 1080. The average molecular weight is 445 g/mol. The topological polar surface area (TPSA) is 80.3 Å². The number of aryl methyl sites for hydroxylation is 2. The van der Waals surface area contributed by atoms with Crippen LogP contribution in [0.2, 0.25) is 0 Å². The molecule has 0 aliphatic rings. The fourth-order valence-electron chi connectivity index (χ4n) is 2.67. The van der Waals surface area contributed by atoms with Crippen LogP contribution in [0.15, 0.2) is 42.5 Å². The molecule has 0 aliphatic carbocycles. The Labute approximate surface area is 182 Å². The van der Waals surface area contributed by atoms with Crippen LogP contribution in [-0.4, -0.2) is 29.9 Å². The van der Waals surface area contributed by atoms with Crippen LogP contribution in [0.4, 0.5) is 8.78 Å². The number of hydrogen-bond acceptors (Lipinski definition) is 5. The molecule has 3 rings (SSSR count). The third-order valence-electron chi connectivity index (χ3n) is 4.35. The summed E-state index contributed by atoms with van der Waals surface area (Å²) >= 11 is 1.20. The van der Waals surface area contributed by atoms with Crippen molar-refractivity contribution in [1.82, 2.24) is 15.6 Å². The predicted octanol–water partition coefficient (Wildman–Crippen LogP) is 3.78. The van der Waals surface area contributed by atoms with Gasteiger partial charge >= 0.3 is 0 Å². The molecule has 2 aromatic carbocycles. The maximum atomic E-state index is 13.6. The smallest absolute Gasteiger partial charge is 0.263 e. The lowest BCUT2D eigenvalue weighted by Crippen LogP contribution is -2.34. The lowest BCUT2D eigenvalue weighted by molar-refractivity contribution is 0.0929. The molecule has 0 aliphatic heterocycles. The summed E-state index contributed by atoms with van der Waals surface area (Å²) in [6.45, 7) is 3.90. The summed E-state index contributed by atoms with van der Waals surface area (Å²) in [5.41, 5.74) is 1.25. The molecule has 2 amide bonds. The fourth-order valence-corrected chi connectivity index (χ4v) is 3.56. The van der Waals surface area contributed by atoms with Crippen LogP contribution in [0.5, 0.6) is 5.75 Å². The highest BCUT2D eigenvalue weighted by Crippen LogP contribution is 2.20. The van der Waals surface area contributed by atoms with Gasteiger partial charge in [-0.15, -0.1) is 11.3 Å². The normalized spacial score (nSPS) is 10.6. The molecule has 0 bridgehead atoms. The number of halogens is 2. The van der Waals surface area contributed by atoms with Crippen molar-refractivity contribution < 1.29 is 23.1 Å². The Hall–Kier alpha value is -3.33. The minimum Gasteiger partial charge on any atom is -0.486 e. The van der Waals surface area contributed by atoms with Gasteiger partial charge in [0.25, 0.3) is 11.8 Å². The minimum absolute atomic E-state index is 0.160. The van der Waals surface area contributed by atoms with Gasteiger partial charge in [0, 0.05) is 18.7 Å². The largest absolute Gasteiger partial charge is 0.486 e. The number of benzene rings is 2. The maximum Gasteiger partial charge on any atom is 0.263 e. The van der Waals surface area contributed by atoms with Crippen LogP contribution < -0.4 is 15.4 Å². The van der Waals surface area contributed by atoms with Gasteiger partial charge < -0.3 is 15.4 Å². The third kappa shape index (κ3) is 6.08. The number of amides is 2. The van der Waals surface area contributed by atoms with E-state index in [-0.39, 0.29) is 37.0 Å². The summed E-state index contributed by atoms with van der Waals surface area (Å²) in [7, 11) is 0. The van der Waals surface area contributed by atoms with E-state index in [0.29, 0.717) is 26.9 Å². The molecular weight excluding hydrogens is 424 g/mol. The standard InChI is InChI=1S/C22H21F2N3O3S/c1-13-3-4-15(11-18(13)24)21(28)25-9-10-26-22(29)20-14(2)27-19(31-20)12-30-17-7-5-16(23)6-8-17/h3-8,11H,9-10,12H2,1-2H3,(H,25,28)(H,26,29). The Kier molecular flexibility index (Phi) is 7.30. The number of ether oxygens (including phenoxy) is 1. The van der Waals surface area contributed by atoms with Gasteiger partial charge in [-0.25, -0.2) is 13.8 Å². The van der Waals surface area contributed by atoms with Crippen LogP contribution in [0.25, 0.3) is 0 Å². The van der Waals surface area contributed by atoms with Gasteiger partial charge in [-0.3, -0.25) is 9.59 Å². The molecule has 0 atom stereocenters. The molecule has 31 heavy (non-hydrogen) atoms. The van der Waals surface area contributed by atoms with E-state index in [1.165, 1.54) is 47.7 Å². The zero-order chi connectivity index (χ0) is 22.4. The number of rotatable bonds is 8. The molecular formula is C22H21F2N3O3S. The average Bonchev–Trinajstić information content (AvgIpc) is 3.13. The number of carbonyl (C=O) groups is 2. The highest BCUT2D eigenvalue weighted by atomic mass is 32.1. The van der Waals surface area contributed by atoms with Crippen molar-refractivity contribution in [2.75, 3.05) is 13.1 Å². The summed E-state index contributed by atoms with van der Waals surface area (Å²) in [5.74, 6) is -1.01. The third-order valence-corrected chi connectivity index (χ3v) is 5.48. The molecule has 0 radical (unpaired) electrons. The van der Waals surface area contributed by atoms with Gasteiger partial charge in [0.2, 0.25) is 0 Å². The molecule has 3 aromatic rings. The van der Waals surface area contributed by atoms with Crippen molar-refractivity contribution in [3.63, 3.8) is 0 Å². The number of nitrogens with zero attached hydrogens (tertiary/aromatic N) is 1. The highest BCUT2D eigenvalue weighted by molar-refractivity contribution is 7.13. The summed E-state index contributed by atoms with van der Waals surface area (Å²) in [6, 6.07) is 9.90. The molecule has 162 valence electrons. The number of aromatic nitrogens is 1. The lowest BCUT2D eigenvalue weighted by Gasteiger charge is -2.07. The SMILES string of the molecule is Cc1ccc(C(=O)NCCNC(=O)c2sc(COc3ccc(F)cc3)nc2C)cc1F. The predicted molar refractivity (Wildman–Crippen MR) is 113 cm³/mol. The van der Waals surface area contributed by atoms with Crippen molar-refractivity contribution in [3.8, 4) is 5.75 Å². The van der Waals surface area contributed by atoms with Crippen LogP contribution in [0.1, 0.15) is 36.3 Å². The molecule has 1 aromatic heterocycles. The molecule has 0 saturated carbocycles. The Balaban J connectivity index is 1.46. The van der Waals surface area contributed by atoms with E-state index in [9.17, 15) is 18.4 Å². The van der Waals surface area contributed by atoms with Gasteiger partial charge in [-0.05, 0) is 55.8 Å². The van der Waals surface area contributed by atoms with Crippen molar-refractivity contribution >= 4 is 23.2 Å². The second-order valence-corrected chi connectivity index (χ2v) is 7.82. The lowest BCUT2D eigenvalue weighted by atomic mass is 10.1. The number of hydrogen-bond donors (Lipinski definition) is 2. The Morgan fingerprint density at radius 1 is 1.00 bits per heavy atom. The van der Waals surface area contributed by atoms with Gasteiger partial charge in [0.05, 0.1) is 5.69 Å². The van der Waals surface area contributed by atoms with Gasteiger partial charge in [-0.2, -0.15) is 0 Å². The highest BCUT2D eigenvalue weighted by Gasteiger charge is 2.15. The van der Waals surface area contributed by atoms with E-state index in [4.69, 9.17) is 4.74 Å². The molecule has 9 heteroatoms. The fraction of sp³-hybridized carbons (Fsp3) is 0.227. The van der Waals surface area contributed by atoms with E-state index in [0.717, 1.165) is 0 Å². The maximum absolute atomic E-state index is 13.6. The first-order valence-corrected chi connectivity index (χ1v) is 10.3. The zero-order valence-electron chi connectivity index (χ0n) is 17.0. The Morgan fingerprint density at radius 3 is 2.35 bits per heavy atom. The van der Waals surface area contributed by atoms with Gasteiger partial charge in [0.15, 0.2) is 0 Å². The molecule has 0 fully saturated rings. The second-order valence-electron chi connectivity index (χ2n) is 6.74. The summed E-state index contributed by atoms with van der Waals surface area (Å²) in [6.07, 6.45) is 0. The monoisotopic (exact) mass is 445 g/mol. The molecule has 6 nitrogen and oxygen atoms in total. The first-order valence-electron chi connectivity index (χ1n) is 9.50. The van der Waals surface area contributed by atoms with E-state index in [1.54, 1.807) is 19.9 Å². The number of thiazole rings is 1. The van der Waals surface area contributed by atoms with Gasteiger partial charge in [0.1, 0.15) is 33.9 Å². The van der Waals surface area contributed by atoms with Crippen LogP contribution >= 0.6 is 11.3 Å². The van der Waals surface area contributed by atoms with Crippen LogP contribution in [0.3, 0.4) is 0 Å². The summed E-state index contributed by atoms with van der Waals surface area (Å²) in [5, 5.41) is 5.97. The van der Waals surface area contributed by atoms with E-state index in [2.05, 4.69) is 15.6 Å². The summed E-state index contributed by atoms with van der Waals surface area (Å²) in [4.78, 5) is 29.2. The van der Waals surface area contributed by atoms with E-state index in [1.807, 2.05) is 0 Å². The molecule has 0 spiro atoms. The van der Waals surface area contributed by atoms with E-state index >= 15 is 0 Å². The van der Waals surface area contributed by atoms with Crippen molar-refractivity contribution in [2.45, 2.75) is 20.5 Å². The molecule has 0 unspecified atom stereocenters. The summed E-state index contributed by atoms with van der Waals surface area (Å²) < 4.78 is 32.1. The second kappa shape index (κ2) is 10.1. The first-order chi connectivity index (χ1) is 14.8. The minimum atomic E-state index is -0.444. The first kappa shape index (κ1) is 22.4. The van der Waals surface area contributed by atoms with Crippen LogP contribution in [0, 0.1) is 25.5 Å². The molecule has 2 N–H and O–H groups in total. The number of carbonyl (C=O) groups excluding carboxylic acids is 2. The Morgan fingerprint density at radius 2 is 1.68 bits per heavy atom. The van der Waals surface area contributed by atoms with Crippen molar-refractivity contribution in [1.29, 1.82) is 0 Å². The van der Waals surface area contributed by atoms with Crippen molar-refractivity contribution in [2.24, 2.45) is 0 Å². The zero-order valence-corrected chi connectivity index (χ0v) is 17.8. The molecule has 1 heterocycles. The van der Waals surface area contributed by atoms with Crippen molar-refractivity contribution in [3.05, 3.63) is 80.8 Å².